The molecule has 0 aromatic carbocycles. The van der Waals surface area contributed by atoms with Gasteiger partial charge in [-0.25, -0.2) is 0 Å². The number of carbonyl (C=O) groups excluding carboxylic acids is 1. The molecule has 16 heavy (non-hydrogen) atoms. The fourth-order valence-corrected chi connectivity index (χ4v) is 2.00. The zero-order valence-corrected chi connectivity index (χ0v) is 9.82. The number of amides is 1. The van der Waals surface area contributed by atoms with E-state index in [-0.39, 0.29) is 5.91 Å². The van der Waals surface area contributed by atoms with E-state index in [4.69, 9.17) is 16.9 Å². The molecule has 1 saturated heterocycles. The number of rotatable bonds is 4. The van der Waals surface area contributed by atoms with E-state index in [0.29, 0.717) is 12.3 Å². The SMILES string of the molecule is C#CCC(N)C(=O)N1CCC(COC)CC1. The first-order valence-electron chi connectivity index (χ1n) is 5.65. The summed E-state index contributed by atoms with van der Waals surface area (Å²) >= 11 is 0. The number of hydrogen-bond acceptors (Lipinski definition) is 3. The maximum absolute atomic E-state index is 11.8. The lowest BCUT2D eigenvalue weighted by atomic mass is 9.97. The summed E-state index contributed by atoms with van der Waals surface area (Å²) in [6.07, 6.45) is 7.43. The number of nitrogens with two attached hydrogens (primary N) is 1. The smallest absolute Gasteiger partial charge is 0.240 e. The summed E-state index contributed by atoms with van der Waals surface area (Å²) in [6, 6.07) is -0.538. The molecule has 1 aliphatic heterocycles. The number of piperidine rings is 1. The topological polar surface area (TPSA) is 55.6 Å². The van der Waals surface area contributed by atoms with Crippen LogP contribution in [0, 0.1) is 18.3 Å². The largest absolute Gasteiger partial charge is 0.384 e. The minimum atomic E-state index is -0.538. The molecule has 1 rings (SSSR count). The first-order chi connectivity index (χ1) is 7.69. The van der Waals surface area contributed by atoms with Gasteiger partial charge in [-0.15, -0.1) is 12.3 Å². The van der Waals surface area contributed by atoms with Gasteiger partial charge in [0.15, 0.2) is 0 Å². The van der Waals surface area contributed by atoms with Gasteiger partial charge in [0, 0.05) is 33.2 Å². The molecule has 4 nitrogen and oxygen atoms in total. The molecular weight excluding hydrogens is 204 g/mol. The lowest BCUT2D eigenvalue weighted by molar-refractivity contribution is -0.134. The highest BCUT2D eigenvalue weighted by molar-refractivity contribution is 5.82. The van der Waals surface area contributed by atoms with E-state index in [1.165, 1.54) is 0 Å². The first kappa shape index (κ1) is 13.0. The third kappa shape index (κ3) is 3.51. The van der Waals surface area contributed by atoms with Gasteiger partial charge in [-0.1, -0.05) is 0 Å². The molecule has 1 atom stereocenters. The van der Waals surface area contributed by atoms with Gasteiger partial charge in [0.2, 0.25) is 5.91 Å². The van der Waals surface area contributed by atoms with Crippen molar-refractivity contribution in [3.8, 4) is 12.3 Å². The Morgan fingerprint density at radius 1 is 1.62 bits per heavy atom. The van der Waals surface area contributed by atoms with E-state index in [1.807, 2.05) is 4.90 Å². The van der Waals surface area contributed by atoms with Gasteiger partial charge in [-0.2, -0.15) is 0 Å². The molecular formula is C12H20N2O2. The third-order valence-electron chi connectivity index (χ3n) is 2.98. The Labute approximate surface area is 97.1 Å². The Balaban J connectivity index is 2.36. The molecule has 2 N–H and O–H groups in total. The van der Waals surface area contributed by atoms with Crippen LogP contribution in [-0.2, 0) is 9.53 Å². The van der Waals surface area contributed by atoms with Crippen LogP contribution in [0.2, 0.25) is 0 Å². The number of likely N-dealkylation sites (tertiary alicyclic amines) is 1. The predicted octanol–water partition coefficient (Wildman–Crippen LogP) is 0.222. The fraction of sp³-hybridized carbons (Fsp3) is 0.750. The van der Waals surface area contributed by atoms with E-state index in [2.05, 4.69) is 5.92 Å². The van der Waals surface area contributed by atoms with Crippen LogP contribution in [0.3, 0.4) is 0 Å². The average Bonchev–Trinajstić information content (AvgIpc) is 2.30. The van der Waals surface area contributed by atoms with Gasteiger partial charge in [-0.3, -0.25) is 4.79 Å². The van der Waals surface area contributed by atoms with Crippen molar-refractivity contribution in [3.05, 3.63) is 0 Å². The molecule has 0 bridgehead atoms. The van der Waals surface area contributed by atoms with Crippen molar-refractivity contribution in [2.75, 3.05) is 26.8 Å². The van der Waals surface area contributed by atoms with Crippen LogP contribution >= 0.6 is 0 Å². The van der Waals surface area contributed by atoms with Crippen LogP contribution in [0.15, 0.2) is 0 Å². The van der Waals surface area contributed by atoms with Crippen LogP contribution in [-0.4, -0.2) is 43.7 Å². The minimum Gasteiger partial charge on any atom is -0.384 e. The van der Waals surface area contributed by atoms with Crippen LogP contribution in [0.1, 0.15) is 19.3 Å². The predicted molar refractivity (Wildman–Crippen MR) is 62.6 cm³/mol. The molecule has 0 aromatic rings. The summed E-state index contributed by atoms with van der Waals surface area (Å²) in [7, 11) is 1.71. The monoisotopic (exact) mass is 224 g/mol. The van der Waals surface area contributed by atoms with Gasteiger partial charge in [-0.05, 0) is 18.8 Å². The Hall–Kier alpha value is -1.05. The van der Waals surface area contributed by atoms with Gasteiger partial charge in [0.05, 0.1) is 6.04 Å². The summed E-state index contributed by atoms with van der Waals surface area (Å²) in [6.45, 7) is 2.31. The maximum atomic E-state index is 11.8. The highest BCUT2D eigenvalue weighted by Crippen LogP contribution is 2.17. The van der Waals surface area contributed by atoms with Crippen molar-refractivity contribution in [3.63, 3.8) is 0 Å². The van der Waals surface area contributed by atoms with Crippen LogP contribution in [0.5, 0.6) is 0 Å². The van der Waals surface area contributed by atoms with Crippen molar-refractivity contribution < 1.29 is 9.53 Å². The van der Waals surface area contributed by atoms with E-state index >= 15 is 0 Å². The lowest BCUT2D eigenvalue weighted by Gasteiger charge is -2.32. The first-order valence-corrected chi connectivity index (χ1v) is 5.65. The van der Waals surface area contributed by atoms with Crippen molar-refractivity contribution in [2.45, 2.75) is 25.3 Å². The summed E-state index contributed by atoms with van der Waals surface area (Å²) in [4.78, 5) is 13.6. The van der Waals surface area contributed by atoms with Crippen LogP contribution < -0.4 is 5.73 Å². The summed E-state index contributed by atoms with van der Waals surface area (Å²) in [5.41, 5.74) is 5.69. The van der Waals surface area contributed by atoms with Crippen molar-refractivity contribution in [1.82, 2.24) is 4.90 Å². The van der Waals surface area contributed by atoms with Crippen LogP contribution in [0.4, 0.5) is 0 Å². The molecule has 1 fully saturated rings. The number of ether oxygens (including phenoxy) is 1. The summed E-state index contributed by atoms with van der Waals surface area (Å²) in [5.74, 6) is 2.97. The Kier molecular flexibility index (Phi) is 5.30. The van der Waals surface area contributed by atoms with Crippen molar-refractivity contribution in [1.29, 1.82) is 0 Å². The van der Waals surface area contributed by atoms with Gasteiger partial charge >= 0.3 is 0 Å². The quantitative estimate of drug-likeness (QED) is 0.695. The summed E-state index contributed by atoms with van der Waals surface area (Å²) in [5, 5.41) is 0. The number of terminal acetylenes is 1. The second kappa shape index (κ2) is 6.51. The van der Waals surface area contributed by atoms with Gasteiger partial charge in [0.25, 0.3) is 0 Å². The van der Waals surface area contributed by atoms with Crippen molar-refractivity contribution >= 4 is 5.91 Å². The molecule has 90 valence electrons. The molecule has 1 unspecified atom stereocenters. The molecule has 0 saturated carbocycles. The number of methoxy groups -OCH3 is 1. The fourth-order valence-electron chi connectivity index (χ4n) is 2.00. The normalized spacial score (nSPS) is 19.2. The van der Waals surface area contributed by atoms with Crippen molar-refractivity contribution in [2.24, 2.45) is 11.7 Å². The second-order valence-corrected chi connectivity index (χ2v) is 4.24. The Morgan fingerprint density at radius 3 is 2.75 bits per heavy atom. The van der Waals surface area contributed by atoms with E-state index < -0.39 is 6.04 Å². The van der Waals surface area contributed by atoms with E-state index in [0.717, 1.165) is 32.5 Å². The number of hydrogen-bond donors (Lipinski definition) is 1. The number of carbonyl (C=O) groups is 1. The van der Waals surface area contributed by atoms with E-state index in [9.17, 15) is 4.79 Å². The molecule has 4 heteroatoms. The maximum Gasteiger partial charge on any atom is 0.240 e. The molecule has 0 aliphatic carbocycles. The molecule has 0 radical (unpaired) electrons. The molecule has 1 amide bonds. The molecule has 0 spiro atoms. The average molecular weight is 224 g/mol. The van der Waals surface area contributed by atoms with E-state index in [1.54, 1.807) is 7.11 Å². The minimum absolute atomic E-state index is 0.0196. The number of nitrogens with zero attached hydrogens (tertiary/aromatic N) is 1. The van der Waals surface area contributed by atoms with Crippen LogP contribution in [0.25, 0.3) is 0 Å². The van der Waals surface area contributed by atoms with Gasteiger partial charge < -0.3 is 15.4 Å². The zero-order valence-electron chi connectivity index (χ0n) is 9.82. The highest BCUT2D eigenvalue weighted by Gasteiger charge is 2.25. The molecule has 0 aromatic heterocycles. The second-order valence-electron chi connectivity index (χ2n) is 4.24. The summed E-state index contributed by atoms with van der Waals surface area (Å²) < 4.78 is 5.11. The third-order valence-corrected chi connectivity index (χ3v) is 2.98. The van der Waals surface area contributed by atoms with Gasteiger partial charge in [0.1, 0.15) is 0 Å². The standard InChI is InChI=1S/C12H20N2O2/c1-3-4-11(13)12(15)14-7-5-10(6-8-14)9-16-2/h1,10-11H,4-9,13H2,2H3. The zero-order chi connectivity index (χ0) is 12.0. The Bertz CT molecular complexity index is 265. The molecule has 1 heterocycles. The lowest BCUT2D eigenvalue weighted by Crippen LogP contribution is -2.47. The molecule has 1 aliphatic rings. The highest BCUT2D eigenvalue weighted by atomic mass is 16.5. The Morgan fingerprint density at radius 2 is 2.25 bits per heavy atom.